The van der Waals surface area contributed by atoms with Crippen LogP contribution in [0.25, 0.3) is 0 Å². The summed E-state index contributed by atoms with van der Waals surface area (Å²) in [5.41, 5.74) is 3.04. The Morgan fingerprint density at radius 1 is 1.08 bits per heavy atom. The first kappa shape index (κ1) is 7.85. The normalized spacial score (nSPS) is 16.9. The van der Waals surface area contributed by atoms with Gasteiger partial charge in [0.2, 0.25) is 0 Å². The molecule has 0 bridgehead atoms. The van der Waals surface area contributed by atoms with Crippen molar-refractivity contribution in [3.8, 4) is 0 Å². The van der Waals surface area contributed by atoms with Crippen LogP contribution >= 0.6 is 0 Å². The lowest BCUT2D eigenvalue weighted by Gasteiger charge is -2.10. The van der Waals surface area contributed by atoms with E-state index in [1.165, 1.54) is 24.0 Å². The highest BCUT2D eigenvalue weighted by atomic mass is 14.3. The zero-order valence-corrected chi connectivity index (χ0v) is 7.80. The van der Waals surface area contributed by atoms with Gasteiger partial charge in [-0.25, -0.2) is 0 Å². The zero-order valence-electron chi connectivity index (χ0n) is 7.80. The van der Waals surface area contributed by atoms with Crippen molar-refractivity contribution < 1.29 is 0 Å². The Morgan fingerprint density at radius 3 is 2.33 bits per heavy atom. The predicted octanol–water partition coefficient (Wildman–Crippen LogP) is 3.53. The lowest BCUT2D eigenvalue weighted by atomic mass is 9.95. The third kappa shape index (κ3) is 1.38. The largest absolute Gasteiger partial charge is 0.0620 e. The van der Waals surface area contributed by atoms with Crippen molar-refractivity contribution in [2.75, 3.05) is 0 Å². The van der Waals surface area contributed by atoms with E-state index in [0.29, 0.717) is 5.92 Å². The Labute approximate surface area is 74.6 Å². The van der Waals surface area contributed by atoms with Crippen LogP contribution in [0.3, 0.4) is 0 Å². The van der Waals surface area contributed by atoms with Gasteiger partial charge in [0.1, 0.15) is 0 Å². The molecule has 12 heavy (non-hydrogen) atoms. The third-order valence-electron chi connectivity index (χ3n) is 2.46. The second-order valence-corrected chi connectivity index (χ2v) is 3.85. The topological polar surface area (TPSA) is 0 Å². The van der Waals surface area contributed by atoms with Gasteiger partial charge in [-0.3, -0.25) is 0 Å². The van der Waals surface area contributed by atoms with E-state index in [-0.39, 0.29) is 0 Å². The molecule has 0 heteroatoms. The molecule has 0 spiro atoms. The third-order valence-corrected chi connectivity index (χ3v) is 2.46. The van der Waals surface area contributed by atoms with Crippen LogP contribution in [0.15, 0.2) is 24.3 Å². The molecule has 1 aliphatic carbocycles. The molecule has 0 unspecified atom stereocenters. The summed E-state index contributed by atoms with van der Waals surface area (Å²) in [6.45, 7) is 4.53. The summed E-state index contributed by atoms with van der Waals surface area (Å²) in [6.07, 6.45) is 2.65. The van der Waals surface area contributed by atoms with Gasteiger partial charge in [0.25, 0.3) is 0 Å². The molecule has 0 amide bonds. The van der Waals surface area contributed by atoms with Crippen LogP contribution in [0.4, 0.5) is 0 Å². The molecule has 63 valence electrons. The highest BCUT2D eigenvalue weighted by Crippen LogP contribution is 2.41. The molecule has 0 atom stereocenters. The SMILES string of the molecule is CC(C)c1ccccc1[C]1CC1. The van der Waals surface area contributed by atoms with Crippen LogP contribution in [0.1, 0.15) is 43.7 Å². The molecule has 1 fully saturated rings. The van der Waals surface area contributed by atoms with Gasteiger partial charge in [0.15, 0.2) is 0 Å². The molecule has 1 saturated carbocycles. The zero-order chi connectivity index (χ0) is 8.55. The summed E-state index contributed by atoms with van der Waals surface area (Å²) in [6, 6.07) is 8.80. The van der Waals surface area contributed by atoms with E-state index in [1.807, 2.05) is 0 Å². The second-order valence-electron chi connectivity index (χ2n) is 3.85. The summed E-state index contributed by atoms with van der Waals surface area (Å²) in [5.74, 6) is 2.31. The van der Waals surface area contributed by atoms with Gasteiger partial charge in [0.05, 0.1) is 0 Å². The van der Waals surface area contributed by atoms with Crippen LogP contribution in [-0.4, -0.2) is 0 Å². The Morgan fingerprint density at radius 2 is 1.75 bits per heavy atom. The fraction of sp³-hybridized carbons (Fsp3) is 0.417. The molecular weight excluding hydrogens is 144 g/mol. The molecule has 0 nitrogen and oxygen atoms in total. The summed E-state index contributed by atoms with van der Waals surface area (Å²) in [4.78, 5) is 0. The molecule has 0 heterocycles. The van der Waals surface area contributed by atoms with E-state index < -0.39 is 0 Å². The van der Waals surface area contributed by atoms with Crippen LogP contribution < -0.4 is 0 Å². The highest BCUT2D eigenvalue weighted by Gasteiger charge is 2.26. The van der Waals surface area contributed by atoms with E-state index >= 15 is 0 Å². The van der Waals surface area contributed by atoms with E-state index in [1.54, 1.807) is 5.92 Å². The first-order valence-electron chi connectivity index (χ1n) is 4.73. The molecule has 1 aliphatic rings. The van der Waals surface area contributed by atoms with Gasteiger partial charge in [-0.15, -0.1) is 0 Å². The smallest absolute Gasteiger partial charge is 0.00534 e. The van der Waals surface area contributed by atoms with Crippen LogP contribution in [-0.2, 0) is 0 Å². The number of benzene rings is 1. The Balaban J connectivity index is 2.36. The maximum atomic E-state index is 2.27. The lowest BCUT2D eigenvalue weighted by molar-refractivity contribution is 0.857. The number of hydrogen-bond acceptors (Lipinski definition) is 0. The van der Waals surface area contributed by atoms with Gasteiger partial charge >= 0.3 is 0 Å². The van der Waals surface area contributed by atoms with Crippen molar-refractivity contribution in [3.05, 3.63) is 41.3 Å². The van der Waals surface area contributed by atoms with Crippen molar-refractivity contribution in [1.82, 2.24) is 0 Å². The van der Waals surface area contributed by atoms with Gasteiger partial charge in [-0.1, -0.05) is 38.1 Å². The van der Waals surface area contributed by atoms with Crippen LogP contribution in [0.5, 0.6) is 0 Å². The van der Waals surface area contributed by atoms with Crippen molar-refractivity contribution >= 4 is 0 Å². The fourth-order valence-corrected chi connectivity index (χ4v) is 1.65. The predicted molar refractivity (Wildman–Crippen MR) is 52.1 cm³/mol. The summed E-state index contributed by atoms with van der Waals surface area (Å²) in [7, 11) is 0. The summed E-state index contributed by atoms with van der Waals surface area (Å²) < 4.78 is 0. The first-order valence-corrected chi connectivity index (χ1v) is 4.73. The molecule has 1 radical (unpaired) electrons. The Kier molecular flexibility index (Phi) is 1.92. The fourth-order valence-electron chi connectivity index (χ4n) is 1.65. The van der Waals surface area contributed by atoms with Crippen molar-refractivity contribution in [1.29, 1.82) is 0 Å². The molecule has 0 saturated heterocycles. The minimum atomic E-state index is 0.661. The monoisotopic (exact) mass is 159 g/mol. The Bertz CT molecular complexity index is 248. The lowest BCUT2D eigenvalue weighted by Crippen LogP contribution is -1.93. The highest BCUT2D eigenvalue weighted by molar-refractivity contribution is 5.44. The van der Waals surface area contributed by atoms with E-state index in [0.717, 1.165) is 0 Å². The summed E-state index contributed by atoms with van der Waals surface area (Å²) in [5, 5.41) is 0. The molecule has 1 aromatic rings. The molecule has 2 rings (SSSR count). The minimum absolute atomic E-state index is 0.661. The van der Waals surface area contributed by atoms with Gasteiger partial charge in [-0.2, -0.15) is 0 Å². The van der Waals surface area contributed by atoms with Crippen molar-refractivity contribution in [3.63, 3.8) is 0 Å². The van der Waals surface area contributed by atoms with Gasteiger partial charge < -0.3 is 0 Å². The molecule has 0 aliphatic heterocycles. The number of rotatable bonds is 2. The maximum Gasteiger partial charge on any atom is 0.00534 e. The molecule has 0 N–H and O–H groups in total. The van der Waals surface area contributed by atoms with E-state index in [9.17, 15) is 0 Å². The first-order chi connectivity index (χ1) is 5.79. The quantitative estimate of drug-likeness (QED) is 0.619. The number of hydrogen-bond donors (Lipinski definition) is 0. The van der Waals surface area contributed by atoms with Gasteiger partial charge in [0, 0.05) is 5.92 Å². The minimum Gasteiger partial charge on any atom is -0.0620 e. The van der Waals surface area contributed by atoms with Crippen molar-refractivity contribution in [2.24, 2.45) is 0 Å². The second kappa shape index (κ2) is 2.93. The van der Waals surface area contributed by atoms with E-state index in [2.05, 4.69) is 38.1 Å². The van der Waals surface area contributed by atoms with Crippen molar-refractivity contribution in [2.45, 2.75) is 32.6 Å². The maximum absolute atomic E-state index is 2.27. The van der Waals surface area contributed by atoms with E-state index in [4.69, 9.17) is 0 Å². The molecular formula is C12H15. The molecule has 1 aromatic carbocycles. The van der Waals surface area contributed by atoms with Crippen LogP contribution in [0, 0.1) is 5.92 Å². The molecule has 0 aromatic heterocycles. The summed E-state index contributed by atoms with van der Waals surface area (Å²) >= 11 is 0. The average Bonchev–Trinajstić information content (AvgIpc) is 2.87. The standard InChI is InChI=1S/C12H15/c1-9(2)11-5-3-4-6-12(11)10-7-8-10/h3-6,9H,7-8H2,1-2H3. The van der Waals surface area contributed by atoms with Crippen LogP contribution in [0.2, 0.25) is 0 Å². The average molecular weight is 159 g/mol. The Hall–Kier alpha value is -0.780. The van der Waals surface area contributed by atoms with Gasteiger partial charge in [-0.05, 0) is 29.9 Å².